The molecular formula is C19H25N3O2. The van der Waals surface area contributed by atoms with E-state index in [2.05, 4.69) is 41.4 Å². The third-order valence-electron chi connectivity index (χ3n) is 5.44. The van der Waals surface area contributed by atoms with Crippen LogP contribution in [0.15, 0.2) is 24.3 Å². The minimum absolute atomic E-state index is 0.0314. The number of anilines is 1. The van der Waals surface area contributed by atoms with Gasteiger partial charge in [-0.3, -0.25) is 9.59 Å². The average Bonchev–Trinajstić information content (AvgIpc) is 3.49. The molecule has 3 fully saturated rings. The van der Waals surface area contributed by atoms with Crippen molar-refractivity contribution < 1.29 is 9.59 Å². The van der Waals surface area contributed by atoms with E-state index in [0.717, 1.165) is 25.9 Å². The Morgan fingerprint density at radius 3 is 2.42 bits per heavy atom. The number of nitrogens with one attached hydrogen (secondary N) is 1. The van der Waals surface area contributed by atoms with Crippen molar-refractivity contribution in [2.75, 3.05) is 31.1 Å². The summed E-state index contributed by atoms with van der Waals surface area (Å²) in [4.78, 5) is 29.5. The molecule has 5 heteroatoms. The van der Waals surface area contributed by atoms with E-state index in [0.29, 0.717) is 32.0 Å². The van der Waals surface area contributed by atoms with Crippen LogP contribution in [0, 0.1) is 12.3 Å². The van der Waals surface area contributed by atoms with Gasteiger partial charge in [0.1, 0.15) is 5.41 Å². The van der Waals surface area contributed by atoms with Gasteiger partial charge in [-0.2, -0.15) is 0 Å². The van der Waals surface area contributed by atoms with Gasteiger partial charge < -0.3 is 15.1 Å². The summed E-state index contributed by atoms with van der Waals surface area (Å²) in [6.07, 6.45) is 3.54. The summed E-state index contributed by atoms with van der Waals surface area (Å²) in [6, 6.07) is 8.79. The third-order valence-corrected chi connectivity index (χ3v) is 5.44. The Morgan fingerprint density at radius 2 is 1.83 bits per heavy atom. The maximum atomic E-state index is 12.9. The minimum Gasteiger partial charge on any atom is -0.368 e. The highest BCUT2D eigenvalue weighted by molar-refractivity contribution is 6.08. The van der Waals surface area contributed by atoms with Gasteiger partial charge in [0.05, 0.1) is 0 Å². The molecule has 1 aromatic carbocycles. The number of carbonyl (C=O) groups is 2. The maximum Gasteiger partial charge on any atom is 0.238 e. The molecule has 1 N–H and O–H groups in total. The first-order valence-electron chi connectivity index (χ1n) is 9.00. The Morgan fingerprint density at radius 1 is 1.12 bits per heavy atom. The van der Waals surface area contributed by atoms with Crippen molar-refractivity contribution in [3.05, 3.63) is 29.8 Å². The topological polar surface area (TPSA) is 52.7 Å². The lowest BCUT2D eigenvalue weighted by Gasteiger charge is -2.37. The molecule has 24 heavy (non-hydrogen) atoms. The summed E-state index contributed by atoms with van der Waals surface area (Å²) in [5.41, 5.74) is 1.73. The normalized spacial score (nSPS) is 22.2. The summed E-state index contributed by atoms with van der Waals surface area (Å²) in [5, 5.41) is 3.02. The number of nitrogens with zero attached hydrogens (tertiary/aromatic N) is 2. The van der Waals surface area contributed by atoms with E-state index in [1.165, 1.54) is 11.3 Å². The van der Waals surface area contributed by atoms with Crippen LogP contribution in [-0.2, 0) is 9.59 Å². The zero-order valence-electron chi connectivity index (χ0n) is 14.3. The fourth-order valence-electron chi connectivity index (χ4n) is 3.51. The van der Waals surface area contributed by atoms with Crippen molar-refractivity contribution in [3.8, 4) is 0 Å². The molecule has 128 valence electrons. The maximum absolute atomic E-state index is 12.9. The van der Waals surface area contributed by atoms with E-state index in [1.807, 2.05) is 4.90 Å². The molecule has 0 unspecified atom stereocenters. The van der Waals surface area contributed by atoms with Crippen LogP contribution in [0.4, 0.5) is 5.69 Å². The summed E-state index contributed by atoms with van der Waals surface area (Å²) >= 11 is 0. The molecule has 2 aliphatic carbocycles. The van der Waals surface area contributed by atoms with E-state index in [9.17, 15) is 9.59 Å². The smallest absolute Gasteiger partial charge is 0.238 e. The van der Waals surface area contributed by atoms with E-state index < -0.39 is 5.41 Å². The zero-order chi connectivity index (χ0) is 16.7. The second-order valence-electron chi connectivity index (χ2n) is 7.45. The second-order valence-corrected chi connectivity index (χ2v) is 7.45. The first-order valence-corrected chi connectivity index (χ1v) is 9.00. The van der Waals surface area contributed by atoms with Crippen LogP contribution >= 0.6 is 0 Å². The average molecular weight is 327 g/mol. The van der Waals surface area contributed by atoms with Gasteiger partial charge in [-0.25, -0.2) is 0 Å². The number of piperazine rings is 1. The molecule has 2 amide bonds. The van der Waals surface area contributed by atoms with Gasteiger partial charge in [-0.05, 0) is 50.3 Å². The van der Waals surface area contributed by atoms with Crippen molar-refractivity contribution in [1.29, 1.82) is 0 Å². The Bertz CT molecular complexity index is 656. The number of aryl methyl sites for hydroxylation is 1. The fraction of sp³-hybridized carbons (Fsp3) is 0.579. The van der Waals surface area contributed by atoms with E-state index in [1.54, 1.807) is 0 Å². The van der Waals surface area contributed by atoms with Gasteiger partial charge in [0.2, 0.25) is 11.8 Å². The number of rotatable bonds is 4. The lowest BCUT2D eigenvalue weighted by atomic mass is 10.0. The second kappa shape index (κ2) is 5.80. The number of amides is 2. The predicted octanol–water partition coefficient (Wildman–Crippen LogP) is 1.70. The molecule has 3 aliphatic rings. The Balaban J connectivity index is 1.37. The van der Waals surface area contributed by atoms with Crippen molar-refractivity contribution in [3.63, 3.8) is 0 Å². The quantitative estimate of drug-likeness (QED) is 0.857. The highest BCUT2D eigenvalue weighted by atomic mass is 16.2. The van der Waals surface area contributed by atoms with Crippen LogP contribution in [0.25, 0.3) is 0 Å². The fourth-order valence-corrected chi connectivity index (χ4v) is 3.51. The van der Waals surface area contributed by atoms with Gasteiger partial charge in [0.15, 0.2) is 0 Å². The van der Waals surface area contributed by atoms with Gasteiger partial charge in [0.25, 0.3) is 0 Å². The van der Waals surface area contributed by atoms with Gasteiger partial charge in [-0.15, -0.1) is 0 Å². The highest BCUT2D eigenvalue weighted by Crippen LogP contribution is 2.48. The SMILES string of the molecule is Cc1cccc(N2CCN(C(=O)C3(C(=O)NC4CC4)CC3)CC2)c1. The molecule has 0 aromatic heterocycles. The van der Waals surface area contributed by atoms with E-state index in [-0.39, 0.29) is 11.8 Å². The van der Waals surface area contributed by atoms with Gasteiger partial charge in [-0.1, -0.05) is 12.1 Å². The third kappa shape index (κ3) is 2.87. The molecule has 1 saturated heterocycles. The van der Waals surface area contributed by atoms with Crippen LogP contribution in [0.2, 0.25) is 0 Å². The van der Waals surface area contributed by atoms with Crippen molar-refractivity contribution in [2.45, 2.75) is 38.6 Å². The van der Waals surface area contributed by atoms with Crippen molar-refractivity contribution in [1.82, 2.24) is 10.2 Å². The number of benzene rings is 1. The van der Waals surface area contributed by atoms with Crippen LogP contribution in [0.3, 0.4) is 0 Å². The lowest BCUT2D eigenvalue weighted by molar-refractivity contribution is -0.144. The summed E-state index contributed by atoms with van der Waals surface area (Å²) in [7, 11) is 0. The molecule has 1 heterocycles. The molecule has 0 bridgehead atoms. The Hall–Kier alpha value is -2.04. The molecule has 1 aromatic rings. The van der Waals surface area contributed by atoms with Crippen LogP contribution in [-0.4, -0.2) is 48.9 Å². The van der Waals surface area contributed by atoms with E-state index >= 15 is 0 Å². The largest absolute Gasteiger partial charge is 0.368 e. The predicted molar refractivity (Wildman–Crippen MR) is 92.8 cm³/mol. The summed E-state index contributed by atoms with van der Waals surface area (Å²) < 4.78 is 0. The van der Waals surface area contributed by atoms with Gasteiger partial charge in [0, 0.05) is 37.9 Å². The monoisotopic (exact) mass is 327 g/mol. The molecule has 2 saturated carbocycles. The van der Waals surface area contributed by atoms with Gasteiger partial charge >= 0.3 is 0 Å². The Kier molecular flexibility index (Phi) is 3.74. The molecule has 1 aliphatic heterocycles. The first-order chi connectivity index (χ1) is 11.6. The number of carbonyl (C=O) groups excluding carboxylic acids is 2. The molecule has 0 radical (unpaired) electrons. The zero-order valence-corrected chi connectivity index (χ0v) is 14.3. The van der Waals surface area contributed by atoms with Crippen LogP contribution in [0.5, 0.6) is 0 Å². The van der Waals surface area contributed by atoms with E-state index in [4.69, 9.17) is 0 Å². The molecular weight excluding hydrogens is 302 g/mol. The lowest BCUT2D eigenvalue weighted by Crippen LogP contribution is -2.53. The number of hydrogen-bond acceptors (Lipinski definition) is 3. The van der Waals surface area contributed by atoms with Crippen LogP contribution < -0.4 is 10.2 Å². The first kappa shape index (κ1) is 15.5. The molecule has 4 rings (SSSR count). The van der Waals surface area contributed by atoms with Crippen LogP contribution in [0.1, 0.15) is 31.2 Å². The highest BCUT2D eigenvalue weighted by Gasteiger charge is 2.58. The standard InChI is InChI=1S/C19H25N3O2/c1-14-3-2-4-16(13-14)21-9-11-22(12-10-21)18(24)19(7-8-19)17(23)20-15-5-6-15/h2-4,13,15H,5-12H2,1H3,(H,20,23). The molecule has 0 atom stereocenters. The summed E-state index contributed by atoms with van der Waals surface area (Å²) in [6.45, 7) is 5.15. The minimum atomic E-state index is -0.742. The Labute approximate surface area is 143 Å². The number of hydrogen-bond donors (Lipinski definition) is 1. The van der Waals surface area contributed by atoms with Crippen molar-refractivity contribution in [2.24, 2.45) is 5.41 Å². The molecule has 5 nitrogen and oxygen atoms in total. The molecule has 0 spiro atoms. The van der Waals surface area contributed by atoms with Crippen molar-refractivity contribution >= 4 is 17.5 Å². The summed E-state index contributed by atoms with van der Waals surface area (Å²) in [5.74, 6) is 0.0145.